The number of rotatable bonds is 3. The Bertz CT molecular complexity index is 467. The molecule has 0 atom stereocenters. The molecule has 2 amide bonds. The standard InChI is InChI=1S/C13H14N2O2/c1-9-10(2)13(17)15(12(9)16)14-8-11-6-4-3-5-7-11/h3-7,14H,8H2,1-2H3. The van der Waals surface area contributed by atoms with E-state index >= 15 is 0 Å². The van der Waals surface area contributed by atoms with Crippen molar-refractivity contribution in [3.8, 4) is 0 Å². The van der Waals surface area contributed by atoms with Crippen LogP contribution in [-0.2, 0) is 16.1 Å². The Kier molecular flexibility index (Phi) is 3.06. The van der Waals surface area contributed by atoms with Crippen molar-refractivity contribution in [2.24, 2.45) is 0 Å². The second-order valence-electron chi connectivity index (χ2n) is 4.02. The average Bonchev–Trinajstić information content (AvgIpc) is 2.54. The molecule has 1 aliphatic heterocycles. The number of nitrogens with one attached hydrogen (secondary N) is 1. The molecule has 1 aromatic carbocycles. The third-order valence-corrected chi connectivity index (χ3v) is 2.89. The van der Waals surface area contributed by atoms with E-state index in [2.05, 4.69) is 5.43 Å². The first-order valence-electron chi connectivity index (χ1n) is 5.45. The number of hydrogen-bond acceptors (Lipinski definition) is 3. The highest BCUT2D eigenvalue weighted by atomic mass is 16.2. The highest BCUT2D eigenvalue weighted by Gasteiger charge is 2.33. The Morgan fingerprint density at radius 2 is 1.53 bits per heavy atom. The fraction of sp³-hybridized carbons (Fsp3) is 0.231. The van der Waals surface area contributed by atoms with Crippen LogP contribution in [0.25, 0.3) is 0 Å². The van der Waals surface area contributed by atoms with Gasteiger partial charge in [0.2, 0.25) is 0 Å². The normalized spacial score (nSPS) is 16.0. The lowest BCUT2D eigenvalue weighted by atomic mass is 10.2. The molecule has 0 spiro atoms. The molecule has 4 nitrogen and oxygen atoms in total. The number of imide groups is 1. The van der Waals surface area contributed by atoms with Gasteiger partial charge in [0.15, 0.2) is 0 Å². The highest BCUT2D eigenvalue weighted by Crippen LogP contribution is 2.17. The van der Waals surface area contributed by atoms with Crippen molar-refractivity contribution in [2.75, 3.05) is 0 Å². The maximum atomic E-state index is 11.7. The summed E-state index contributed by atoms with van der Waals surface area (Å²) in [6.45, 7) is 3.79. The zero-order valence-electron chi connectivity index (χ0n) is 9.86. The Hall–Kier alpha value is -1.94. The van der Waals surface area contributed by atoms with Gasteiger partial charge in [0, 0.05) is 17.7 Å². The van der Waals surface area contributed by atoms with E-state index in [-0.39, 0.29) is 11.8 Å². The molecule has 17 heavy (non-hydrogen) atoms. The first kappa shape index (κ1) is 11.5. The van der Waals surface area contributed by atoms with Gasteiger partial charge < -0.3 is 0 Å². The molecular weight excluding hydrogens is 216 g/mol. The van der Waals surface area contributed by atoms with Gasteiger partial charge in [0.1, 0.15) is 0 Å². The summed E-state index contributed by atoms with van der Waals surface area (Å²) in [5, 5.41) is 1.08. The van der Waals surface area contributed by atoms with Crippen molar-refractivity contribution < 1.29 is 9.59 Å². The summed E-state index contributed by atoms with van der Waals surface area (Å²) in [5.41, 5.74) is 4.89. The van der Waals surface area contributed by atoms with E-state index in [1.54, 1.807) is 13.8 Å². The van der Waals surface area contributed by atoms with Crippen LogP contribution in [0, 0.1) is 0 Å². The summed E-state index contributed by atoms with van der Waals surface area (Å²) in [6.07, 6.45) is 0. The molecule has 0 fully saturated rings. The molecule has 2 rings (SSSR count). The van der Waals surface area contributed by atoms with Gasteiger partial charge in [-0.25, -0.2) is 10.4 Å². The Morgan fingerprint density at radius 3 is 2.06 bits per heavy atom. The van der Waals surface area contributed by atoms with Crippen molar-refractivity contribution in [2.45, 2.75) is 20.4 Å². The van der Waals surface area contributed by atoms with Gasteiger partial charge in [-0.3, -0.25) is 9.59 Å². The minimum atomic E-state index is -0.261. The summed E-state index contributed by atoms with van der Waals surface area (Å²) in [4.78, 5) is 23.5. The van der Waals surface area contributed by atoms with Gasteiger partial charge in [0.25, 0.3) is 11.8 Å². The van der Waals surface area contributed by atoms with E-state index in [1.807, 2.05) is 30.3 Å². The van der Waals surface area contributed by atoms with Gasteiger partial charge in [-0.05, 0) is 19.4 Å². The van der Waals surface area contributed by atoms with Gasteiger partial charge in [0.05, 0.1) is 0 Å². The zero-order chi connectivity index (χ0) is 12.4. The molecule has 0 unspecified atom stereocenters. The second-order valence-corrected chi connectivity index (χ2v) is 4.02. The zero-order valence-corrected chi connectivity index (χ0v) is 9.86. The van der Waals surface area contributed by atoms with Crippen LogP contribution >= 0.6 is 0 Å². The van der Waals surface area contributed by atoms with Gasteiger partial charge in [-0.1, -0.05) is 30.3 Å². The first-order valence-corrected chi connectivity index (χ1v) is 5.45. The van der Waals surface area contributed by atoms with Crippen LogP contribution in [0.1, 0.15) is 19.4 Å². The van der Waals surface area contributed by atoms with E-state index < -0.39 is 0 Å². The summed E-state index contributed by atoms with van der Waals surface area (Å²) >= 11 is 0. The molecule has 0 radical (unpaired) electrons. The van der Waals surface area contributed by atoms with Crippen molar-refractivity contribution in [1.82, 2.24) is 10.4 Å². The minimum Gasteiger partial charge on any atom is -0.267 e. The molecule has 1 aromatic rings. The SMILES string of the molecule is CC1=C(C)C(=O)N(NCc2ccccc2)C1=O. The molecule has 1 heterocycles. The Morgan fingerprint density at radius 1 is 1.00 bits per heavy atom. The van der Waals surface area contributed by atoms with Crippen molar-refractivity contribution in [1.29, 1.82) is 0 Å². The number of carbonyl (C=O) groups is 2. The number of hydrazine groups is 1. The third kappa shape index (κ3) is 2.12. The van der Waals surface area contributed by atoms with Crippen LogP contribution in [0.15, 0.2) is 41.5 Å². The smallest absolute Gasteiger partial charge is 0.267 e. The van der Waals surface area contributed by atoms with Crippen molar-refractivity contribution >= 4 is 11.8 Å². The van der Waals surface area contributed by atoms with Crippen LogP contribution in [0.2, 0.25) is 0 Å². The molecule has 0 aliphatic carbocycles. The number of benzene rings is 1. The summed E-state index contributed by atoms with van der Waals surface area (Å²) in [7, 11) is 0. The highest BCUT2D eigenvalue weighted by molar-refractivity contribution is 6.18. The first-order chi connectivity index (χ1) is 8.11. The van der Waals surface area contributed by atoms with Crippen LogP contribution < -0.4 is 5.43 Å². The van der Waals surface area contributed by atoms with Gasteiger partial charge in [-0.15, -0.1) is 0 Å². The van der Waals surface area contributed by atoms with E-state index in [1.165, 1.54) is 0 Å². The molecule has 1 aliphatic rings. The van der Waals surface area contributed by atoms with Crippen LogP contribution in [-0.4, -0.2) is 16.8 Å². The van der Waals surface area contributed by atoms with Gasteiger partial charge in [-0.2, -0.15) is 0 Å². The average molecular weight is 230 g/mol. The predicted molar refractivity (Wildman–Crippen MR) is 63.5 cm³/mol. The Labute approximate surface area is 99.9 Å². The maximum Gasteiger partial charge on any atom is 0.271 e. The van der Waals surface area contributed by atoms with E-state index in [0.29, 0.717) is 17.7 Å². The van der Waals surface area contributed by atoms with Crippen molar-refractivity contribution in [3.63, 3.8) is 0 Å². The van der Waals surface area contributed by atoms with Crippen LogP contribution in [0.5, 0.6) is 0 Å². The monoisotopic (exact) mass is 230 g/mol. The fourth-order valence-corrected chi connectivity index (χ4v) is 1.66. The molecule has 0 bridgehead atoms. The molecule has 0 aromatic heterocycles. The molecule has 0 saturated heterocycles. The van der Waals surface area contributed by atoms with E-state index in [9.17, 15) is 9.59 Å². The van der Waals surface area contributed by atoms with E-state index in [4.69, 9.17) is 0 Å². The number of amides is 2. The number of nitrogens with zero attached hydrogens (tertiary/aromatic N) is 1. The summed E-state index contributed by atoms with van der Waals surface area (Å²) in [5.74, 6) is -0.521. The lowest BCUT2D eigenvalue weighted by molar-refractivity contribution is -0.141. The molecule has 4 heteroatoms. The summed E-state index contributed by atoms with van der Waals surface area (Å²) in [6, 6.07) is 9.63. The van der Waals surface area contributed by atoms with Crippen LogP contribution in [0.3, 0.4) is 0 Å². The van der Waals surface area contributed by atoms with Crippen LogP contribution in [0.4, 0.5) is 0 Å². The molecular formula is C13H14N2O2. The predicted octanol–water partition coefficient (Wildman–Crippen LogP) is 1.40. The third-order valence-electron chi connectivity index (χ3n) is 2.89. The topological polar surface area (TPSA) is 49.4 Å². The fourth-order valence-electron chi connectivity index (χ4n) is 1.66. The minimum absolute atomic E-state index is 0.261. The second kappa shape index (κ2) is 4.51. The molecule has 0 saturated carbocycles. The maximum absolute atomic E-state index is 11.7. The van der Waals surface area contributed by atoms with Crippen molar-refractivity contribution in [3.05, 3.63) is 47.0 Å². The number of carbonyl (C=O) groups excluding carboxylic acids is 2. The molecule has 88 valence electrons. The van der Waals surface area contributed by atoms with Gasteiger partial charge >= 0.3 is 0 Å². The van der Waals surface area contributed by atoms with E-state index in [0.717, 1.165) is 10.6 Å². The number of hydrogen-bond donors (Lipinski definition) is 1. The molecule has 1 N–H and O–H groups in total. The lowest BCUT2D eigenvalue weighted by Crippen LogP contribution is -2.43. The lowest BCUT2D eigenvalue weighted by Gasteiger charge is -2.15. The summed E-state index contributed by atoms with van der Waals surface area (Å²) < 4.78 is 0. The Balaban J connectivity index is 2.03. The largest absolute Gasteiger partial charge is 0.271 e. The quantitative estimate of drug-likeness (QED) is 0.798.